The van der Waals surface area contributed by atoms with E-state index < -0.39 is 28.8 Å². The largest absolute Gasteiger partial charge is 0.478 e. The van der Waals surface area contributed by atoms with Gasteiger partial charge in [-0.1, -0.05) is 0 Å². The van der Waals surface area contributed by atoms with Crippen LogP contribution in [-0.2, 0) is 11.8 Å². The number of nitrogens with zero attached hydrogens (tertiary/aromatic N) is 4. The Bertz CT molecular complexity index is 1090. The monoisotopic (exact) mass is 404 g/mol. The molecule has 1 saturated heterocycles. The van der Waals surface area contributed by atoms with Crippen molar-refractivity contribution >= 4 is 23.2 Å². The number of amides is 1. The van der Waals surface area contributed by atoms with E-state index >= 15 is 0 Å². The quantitative estimate of drug-likeness (QED) is 0.750. The van der Waals surface area contributed by atoms with Gasteiger partial charge in [0.05, 0.1) is 11.1 Å². The summed E-state index contributed by atoms with van der Waals surface area (Å²) in [6, 6.07) is 0.999. The van der Waals surface area contributed by atoms with Crippen molar-refractivity contribution in [2.24, 2.45) is 7.05 Å². The fraction of sp³-hybridized carbons (Fsp3) is 0.526. The molecule has 0 spiro atoms. The van der Waals surface area contributed by atoms with Gasteiger partial charge in [-0.2, -0.15) is 0 Å². The molecule has 10 nitrogen and oxygen atoms in total. The molecule has 0 saturated carbocycles. The minimum atomic E-state index is -1.17. The standard InChI is InChI=1S/C19H24N4O6/c1-19(2,3)29-18(28)22-7-5-12(6-8-22)23-14-13(21(4)15(24)16(23)25)9-11(10-20-14)17(26)27/h9-10,12H,5-8H2,1-4H3,(H,26,27). The lowest BCUT2D eigenvalue weighted by Crippen LogP contribution is -2.46. The topological polar surface area (TPSA) is 124 Å². The molecular weight excluding hydrogens is 380 g/mol. The van der Waals surface area contributed by atoms with Gasteiger partial charge < -0.3 is 19.3 Å². The molecule has 10 heteroatoms. The number of aromatic carboxylic acids is 1. The number of hydrogen-bond acceptors (Lipinski definition) is 6. The highest BCUT2D eigenvalue weighted by Crippen LogP contribution is 2.25. The second kappa shape index (κ2) is 7.34. The fourth-order valence-electron chi connectivity index (χ4n) is 3.42. The van der Waals surface area contributed by atoms with E-state index in [1.165, 1.54) is 23.9 Å². The molecular formula is C19H24N4O6. The van der Waals surface area contributed by atoms with Crippen LogP contribution in [0.3, 0.4) is 0 Å². The van der Waals surface area contributed by atoms with E-state index in [4.69, 9.17) is 4.74 Å². The van der Waals surface area contributed by atoms with Crippen LogP contribution in [0.5, 0.6) is 0 Å². The van der Waals surface area contributed by atoms with E-state index in [1.807, 2.05) is 0 Å². The Balaban J connectivity index is 1.95. The third-order valence-corrected chi connectivity index (χ3v) is 4.87. The first-order valence-electron chi connectivity index (χ1n) is 9.32. The predicted octanol–water partition coefficient (Wildman–Crippen LogP) is 1.37. The highest BCUT2D eigenvalue weighted by atomic mass is 16.6. The number of aromatic nitrogens is 3. The van der Waals surface area contributed by atoms with Gasteiger partial charge in [0.1, 0.15) is 5.60 Å². The zero-order valence-corrected chi connectivity index (χ0v) is 16.8. The summed E-state index contributed by atoms with van der Waals surface area (Å²) in [5.41, 5.74) is -1.62. The summed E-state index contributed by atoms with van der Waals surface area (Å²) in [4.78, 5) is 54.4. The molecule has 1 aliphatic rings. The fourth-order valence-corrected chi connectivity index (χ4v) is 3.42. The van der Waals surface area contributed by atoms with Crippen molar-refractivity contribution in [2.75, 3.05) is 13.1 Å². The molecule has 156 valence electrons. The van der Waals surface area contributed by atoms with Gasteiger partial charge in [0.2, 0.25) is 0 Å². The average Bonchev–Trinajstić information content (AvgIpc) is 2.65. The summed E-state index contributed by atoms with van der Waals surface area (Å²) >= 11 is 0. The van der Waals surface area contributed by atoms with Crippen molar-refractivity contribution in [2.45, 2.75) is 45.3 Å². The van der Waals surface area contributed by atoms with Gasteiger partial charge in [-0.25, -0.2) is 14.6 Å². The van der Waals surface area contributed by atoms with Crippen LogP contribution in [-0.4, -0.2) is 54.9 Å². The Kier molecular flexibility index (Phi) is 5.20. The van der Waals surface area contributed by atoms with E-state index in [9.17, 15) is 24.3 Å². The number of ether oxygens (including phenoxy) is 1. The Labute approximate surface area is 166 Å². The first-order chi connectivity index (χ1) is 13.5. The predicted molar refractivity (Wildman–Crippen MR) is 104 cm³/mol. The number of rotatable bonds is 2. The Morgan fingerprint density at radius 2 is 1.79 bits per heavy atom. The molecule has 0 aromatic carbocycles. The first kappa shape index (κ1) is 20.6. The lowest BCUT2D eigenvalue weighted by Gasteiger charge is -2.34. The molecule has 0 atom stereocenters. The number of hydrogen-bond donors (Lipinski definition) is 1. The molecule has 1 N–H and O–H groups in total. The van der Waals surface area contributed by atoms with Gasteiger partial charge in [-0.3, -0.25) is 14.2 Å². The smallest absolute Gasteiger partial charge is 0.410 e. The third kappa shape index (κ3) is 4.01. The van der Waals surface area contributed by atoms with Crippen molar-refractivity contribution in [3.8, 4) is 0 Å². The van der Waals surface area contributed by atoms with Gasteiger partial charge in [0.25, 0.3) is 0 Å². The number of fused-ring (bicyclic) bond motifs is 1. The second-order valence-electron chi connectivity index (χ2n) is 8.11. The lowest BCUT2D eigenvalue weighted by atomic mass is 10.0. The molecule has 1 aliphatic heterocycles. The molecule has 1 fully saturated rings. The Hall–Kier alpha value is -3.17. The minimum absolute atomic E-state index is 0.0718. The van der Waals surface area contributed by atoms with Gasteiger partial charge >= 0.3 is 23.2 Å². The summed E-state index contributed by atoms with van der Waals surface area (Å²) in [5, 5.41) is 9.19. The van der Waals surface area contributed by atoms with E-state index in [2.05, 4.69) is 4.98 Å². The highest BCUT2D eigenvalue weighted by Gasteiger charge is 2.29. The number of carboxylic acid groups (broad SMARTS) is 1. The maximum Gasteiger partial charge on any atom is 0.410 e. The number of aryl methyl sites for hydroxylation is 1. The van der Waals surface area contributed by atoms with Crippen molar-refractivity contribution in [1.82, 2.24) is 19.0 Å². The van der Waals surface area contributed by atoms with Crippen molar-refractivity contribution in [1.29, 1.82) is 0 Å². The molecule has 0 radical (unpaired) electrons. The Morgan fingerprint density at radius 3 is 2.34 bits per heavy atom. The van der Waals surface area contributed by atoms with Gasteiger partial charge in [-0.05, 0) is 39.7 Å². The van der Waals surface area contributed by atoms with Gasteiger partial charge in [-0.15, -0.1) is 0 Å². The molecule has 0 aliphatic carbocycles. The average molecular weight is 404 g/mol. The first-order valence-corrected chi connectivity index (χ1v) is 9.32. The molecule has 2 aromatic heterocycles. The van der Waals surface area contributed by atoms with E-state index in [0.717, 1.165) is 4.57 Å². The van der Waals surface area contributed by atoms with Crippen LogP contribution >= 0.6 is 0 Å². The third-order valence-electron chi connectivity index (χ3n) is 4.87. The van der Waals surface area contributed by atoms with Crippen molar-refractivity contribution < 1.29 is 19.4 Å². The van der Waals surface area contributed by atoms with Crippen LogP contribution in [0.15, 0.2) is 21.9 Å². The molecule has 3 rings (SSSR count). The SMILES string of the molecule is Cn1c(=O)c(=O)n(C2CCN(C(=O)OC(C)(C)C)CC2)c2ncc(C(=O)O)cc21. The molecule has 0 bridgehead atoms. The van der Waals surface area contributed by atoms with Crippen LogP contribution < -0.4 is 11.1 Å². The summed E-state index contributed by atoms with van der Waals surface area (Å²) in [6.07, 6.45) is 1.65. The van der Waals surface area contributed by atoms with Crippen LogP contribution in [0.1, 0.15) is 50.0 Å². The number of carboxylic acids is 1. The molecule has 1 amide bonds. The van der Waals surface area contributed by atoms with Gasteiger partial charge in [0.15, 0.2) is 5.65 Å². The van der Waals surface area contributed by atoms with Crippen molar-refractivity contribution in [3.63, 3.8) is 0 Å². The summed E-state index contributed by atoms with van der Waals surface area (Å²) in [5.74, 6) is -1.17. The number of likely N-dealkylation sites (tertiary alicyclic amines) is 1. The van der Waals surface area contributed by atoms with E-state index in [-0.39, 0.29) is 22.8 Å². The van der Waals surface area contributed by atoms with E-state index in [0.29, 0.717) is 25.9 Å². The lowest BCUT2D eigenvalue weighted by molar-refractivity contribution is 0.0188. The highest BCUT2D eigenvalue weighted by molar-refractivity contribution is 5.90. The maximum atomic E-state index is 12.7. The summed E-state index contributed by atoms with van der Waals surface area (Å²) in [7, 11) is 1.41. The Morgan fingerprint density at radius 1 is 1.17 bits per heavy atom. The summed E-state index contributed by atoms with van der Waals surface area (Å²) in [6.45, 7) is 6.12. The van der Waals surface area contributed by atoms with Gasteiger partial charge in [0, 0.05) is 32.4 Å². The normalized spacial score (nSPS) is 15.5. The number of carbonyl (C=O) groups excluding carboxylic acids is 1. The minimum Gasteiger partial charge on any atom is -0.478 e. The molecule has 0 unspecified atom stereocenters. The number of piperidine rings is 1. The summed E-state index contributed by atoms with van der Waals surface area (Å²) < 4.78 is 7.82. The van der Waals surface area contributed by atoms with Crippen LogP contribution in [0.25, 0.3) is 11.2 Å². The zero-order chi connectivity index (χ0) is 21.5. The molecule has 2 aromatic rings. The van der Waals surface area contributed by atoms with E-state index in [1.54, 1.807) is 25.7 Å². The molecule has 3 heterocycles. The van der Waals surface area contributed by atoms with Crippen molar-refractivity contribution in [3.05, 3.63) is 38.5 Å². The van der Waals surface area contributed by atoms with Crippen LogP contribution in [0, 0.1) is 0 Å². The van der Waals surface area contributed by atoms with Crippen LogP contribution in [0.2, 0.25) is 0 Å². The zero-order valence-electron chi connectivity index (χ0n) is 16.8. The molecule has 29 heavy (non-hydrogen) atoms. The maximum absolute atomic E-state index is 12.7. The second-order valence-corrected chi connectivity index (χ2v) is 8.11. The van der Waals surface area contributed by atoms with Crippen LogP contribution in [0.4, 0.5) is 4.79 Å². The number of carbonyl (C=O) groups is 2. The number of pyridine rings is 1.